The molecule has 4 heteroatoms. The maximum absolute atomic E-state index is 12.4. The van der Waals surface area contributed by atoms with Crippen LogP contribution in [-0.2, 0) is 9.59 Å². The van der Waals surface area contributed by atoms with E-state index in [1.807, 2.05) is 48.5 Å². The fourth-order valence-corrected chi connectivity index (χ4v) is 2.10. The number of hydrogen-bond acceptors (Lipinski definition) is 3. The van der Waals surface area contributed by atoms with Gasteiger partial charge in [-0.2, -0.15) is 0 Å². The molecule has 0 aliphatic carbocycles. The van der Waals surface area contributed by atoms with Gasteiger partial charge in [-0.05, 0) is 11.8 Å². The van der Waals surface area contributed by atoms with Crippen LogP contribution in [0.2, 0.25) is 0 Å². The summed E-state index contributed by atoms with van der Waals surface area (Å²) in [5.74, 6) is -0.705. The van der Waals surface area contributed by atoms with Gasteiger partial charge in [-0.15, -0.1) is 0 Å². The van der Waals surface area contributed by atoms with E-state index in [9.17, 15) is 14.7 Å². The van der Waals surface area contributed by atoms with Crippen molar-refractivity contribution in [3.05, 3.63) is 0 Å². The highest BCUT2D eigenvalue weighted by Gasteiger charge is 2.35. The van der Waals surface area contributed by atoms with Crippen LogP contribution in [0.1, 0.15) is 61.3 Å². The van der Waals surface area contributed by atoms with Crippen molar-refractivity contribution in [1.82, 2.24) is 5.32 Å². The molecule has 2 atom stereocenters. The number of aliphatic hydroxyl groups excluding tert-OH is 1. The molecule has 0 aromatic rings. The standard InChI is InChI=1S/C16H31NO3/c1-8-9-12(13(19)16(5,6)7)17-14(20)11(10-18)15(2,3)4/h11-12,18H,8-10H2,1-7H3,(H,17,20)/t11-,12-/m0/s1. The summed E-state index contributed by atoms with van der Waals surface area (Å²) in [7, 11) is 0. The van der Waals surface area contributed by atoms with Crippen molar-refractivity contribution >= 4 is 11.7 Å². The highest BCUT2D eigenvalue weighted by atomic mass is 16.3. The molecule has 1 amide bonds. The van der Waals surface area contributed by atoms with E-state index in [4.69, 9.17) is 0 Å². The molecule has 0 rings (SSSR count). The predicted octanol–water partition coefficient (Wildman–Crippen LogP) is 2.54. The summed E-state index contributed by atoms with van der Waals surface area (Å²) in [5, 5.41) is 12.3. The minimum Gasteiger partial charge on any atom is -0.396 e. The Balaban J connectivity index is 5.01. The van der Waals surface area contributed by atoms with E-state index in [0.717, 1.165) is 6.42 Å². The Bertz CT molecular complexity index is 337. The third kappa shape index (κ3) is 5.61. The van der Waals surface area contributed by atoms with Crippen LogP contribution in [0, 0.1) is 16.7 Å². The van der Waals surface area contributed by atoms with Gasteiger partial charge < -0.3 is 10.4 Å². The van der Waals surface area contributed by atoms with Crippen LogP contribution in [0.25, 0.3) is 0 Å². The number of carbonyl (C=O) groups is 2. The number of amides is 1. The molecule has 0 aromatic carbocycles. The second kappa shape index (κ2) is 7.21. The number of rotatable bonds is 6. The van der Waals surface area contributed by atoms with Crippen LogP contribution in [0.3, 0.4) is 0 Å². The average Bonchev–Trinajstić information content (AvgIpc) is 2.25. The summed E-state index contributed by atoms with van der Waals surface area (Å²) in [4.78, 5) is 24.7. The lowest BCUT2D eigenvalue weighted by molar-refractivity contribution is -0.136. The van der Waals surface area contributed by atoms with Crippen LogP contribution in [-0.4, -0.2) is 29.4 Å². The molecular weight excluding hydrogens is 254 g/mol. The van der Waals surface area contributed by atoms with Crippen molar-refractivity contribution in [1.29, 1.82) is 0 Å². The van der Waals surface area contributed by atoms with E-state index >= 15 is 0 Å². The molecular formula is C16H31NO3. The summed E-state index contributed by atoms with van der Waals surface area (Å²) in [6.07, 6.45) is 1.45. The Hall–Kier alpha value is -0.900. The second-order valence-electron chi connectivity index (χ2n) is 7.57. The van der Waals surface area contributed by atoms with E-state index in [0.29, 0.717) is 6.42 Å². The SMILES string of the molecule is CCC[C@H](NC(=O)[C@H](CO)C(C)(C)C)C(=O)C(C)(C)C. The number of hydrogen-bond donors (Lipinski definition) is 2. The van der Waals surface area contributed by atoms with Gasteiger partial charge in [0.15, 0.2) is 5.78 Å². The lowest BCUT2D eigenvalue weighted by Gasteiger charge is -2.31. The quantitative estimate of drug-likeness (QED) is 0.788. The summed E-state index contributed by atoms with van der Waals surface area (Å²) >= 11 is 0. The molecule has 0 bridgehead atoms. The molecule has 4 nitrogen and oxygen atoms in total. The fourth-order valence-electron chi connectivity index (χ4n) is 2.10. The van der Waals surface area contributed by atoms with Gasteiger partial charge in [-0.1, -0.05) is 54.9 Å². The Morgan fingerprint density at radius 2 is 1.60 bits per heavy atom. The zero-order chi connectivity index (χ0) is 16.1. The average molecular weight is 285 g/mol. The number of carbonyl (C=O) groups excluding carboxylic acids is 2. The Morgan fingerprint density at radius 1 is 1.10 bits per heavy atom. The van der Waals surface area contributed by atoms with E-state index in [-0.39, 0.29) is 23.7 Å². The molecule has 0 fully saturated rings. The van der Waals surface area contributed by atoms with Gasteiger partial charge in [-0.25, -0.2) is 0 Å². The number of ketones is 1. The Morgan fingerprint density at radius 3 is 1.90 bits per heavy atom. The van der Waals surface area contributed by atoms with Gasteiger partial charge >= 0.3 is 0 Å². The monoisotopic (exact) mass is 285 g/mol. The first kappa shape index (κ1) is 19.1. The van der Waals surface area contributed by atoms with Crippen molar-refractivity contribution < 1.29 is 14.7 Å². The van der Waals surface area contributed by atoms with Crippen LogP contribution < -0.4 is 5.32 Å². The van der Waals surface area contributed by atoms with Crippen LogP contribution in [0.15, 0.2) is 0 Å². The fraction of sp³-hybridized carbons (Fsp3) is 0.875. The summed E-state index contributed by atoms with van der Waals surface area (Å²) in [6, 6.07) is -0.469. The second-order valence-corrected chi connectivity index (χ2v) is 7.57. The molecule has 0 aliphatic heterocycles. The highest BCUT2D eigenvalue weighted by molar-refractivity contribution is 5.93. The number of aliphatic hydroxyl groups is 1. The van der Waals surface area contributed by atoms with Crippen molar-refractivity contribution in [3.8, 4) is 0 Å². The Labute approximate surface area is 123 Å². The number of nitrogens with one attached hydrogen (secondary N) is 1. The Kier molecular flexibility index (Phi) is 6.88. The first-order chi connectivity index (χ1) is 8.95. The van der Waals surface area contributed by atoms with Crippen LogP contribution in [0.5, 0.6) is 0 Å². The molecule has 0 saturated carbocycles. The van der Waals surface area contributed by atoms with Gasteiger partial charge in [0.25, 0.3) is 0 Å². The van der Waals surface area contributed by atoms with Crippen molar-refractivity contribution in [2.24, 2.45) is 16.7 Å². The molecule has 0 saturated heterocycles. The van der Waals surface area contributed by atoms with E-state index in [1.165, 1.54) is 0 Å². The molecule has 0 unspecified atom stereocenters. The zero-order valence-electron chi connectivity index (χ0n) is 14.0. The highest BCUT2D eigenvalue weighted by Crippen LogP contribution is 2.26. The normalized spacial score (nSPS) is 15.6. The minimum atomic E-state index is -0.505. The molecule has 118 valence electrons. The van der Waals surface area contributed by atoms with Gasteiger partial charge in [0.1, 0.15) is 0 Å². The molecule has 0 aliphatic rings. The molecule has 0 radical (unpaired) electrons. The molecule has 0 aromatic heterocycles. The lowest BCUT2D eigenvalue weighted by Crippen LogP contribution is -2.50. The maximum Gasteiger partial charge on any atom is 0.226 e. The molecule has 20 heavy (non-hydrogen) atoms. The van der Waals surface area contributed by atoms with E-state index < -0.39 is 17.4 Å². The summed E-state index contributed by atoms with van der Waals surface area (Å²) < 4.78 is 0. The lowest BCUT2D eigenvalue weighted by atomic mass is 9.80. The largest absolute Gasteiger partial charge is 0.396 e. The van der Waals surface area contributed by atoms with Crippen molar-refractivity contribution in [2.45, 2.75) is 67.3 Å². The van der Waals surface area contributed by atoms with E-state index in [1.54, 1.807) is 0 Å². The van der Waals surface area contributed by atoms with Crippen LogP contribution >= 0.6 is 0 Å². The smallest absolute Gasteiger partial charge is 0.226 e. The van der Waals surface area contributed by atoms with Gasteiger partial charge in [0.05, 0.1) is 18.6 Å². The topological polar surface area (TPSA) is 66.4 Å². The third-order valence-corrected chi connectivity index (χ3v) is 3.49. The number of Topliss-reactive ketones (excluding diaryl/α,β-unsaturated/α-hetero) is 1. The van der Waals surface area contributed by atoms with Gasteiger partial charge in [0, 0.05) is 5.41 Å². The first-order valence-corrected chi connectivity index (χ1v) is 7.40. The first-order valence-electron chi connectivity index (χ1n) is 7.40. The maximum atomic E-state index is 12.4. The predicted molar refractivity (Wildman–Crippen MR) is 81.3 cm³/mol. The third-order valence-electron chi connectivity index (χ3n) is 3.49. The van der Waals surface area contributed by atoms with Gasteiger partial charge in [-0.3, -0.25) is 9.59 Å². The summed E-state index contributed by atoms with van der Waals surface area (Å²) in [6.45, 7) is 13.1. The molecule has 0 heterocycles. The van der Waals surface area contributed by atoms with Crippen LogP contribution in [0.4, 0.5) is 0 Å². The van der Waals surface area contributed by atoms with Gasteiger partial charge in [0.2, 0.25) is 5.91 Å². The van der Waals surface area contributed by atoms with Crippen molar-refractivity contribution in [3.63, 3.8) is 0 Å². The molecule has 0 spiro atoms. The molecule has 2 N–H and O–H groups in total. The van der Waals surface area contributed by atoms with Crippen molar-refractivity contribution in [2.75, 3.05) is 6.61 Å². The zero-order valence-corrected chi connectivity index (χ0v) is 14.0. The minimum absolute atomic E-state index is 0.0401. The van der Waals surface area contributed by atoms with E-state index in [2.05, 4.69) is 5.32 Å². The summed E-state index contributed by atoms with van der Waals surface area (Å²) in [5.41, 5.74) is -0.816.